The van der Waals surface area contributed by atoms with Crippen molar-refractivity contribution >= 4 is 23.4 Å². The molecule has 1 aliphatic heterocycles. The van der Waals surface area contributed by atoms with Crippen molar-refractivity contribution in [3.8, 4) is 5.75 Å². The number of benzene rings is 2. The van der Waals surface area contributed by atoms with Gasteiger partial charge in [0.15, 0.2) is 6.61 Å². The highest BCUT2D eigenvalue weighted by Crippen LogP contribution is 2.16. The molecule has 0 radical (unpaired) electrons. The predicted octanol–water partition coefficient (Wildman–Crippen LogP) is 3.23. The number of halogens is 2. The maximum absolute atomic E-state index is 13.9. The lowest BCUT2D eigenvalue weighted by Crippen LogP contribution is -2.39. The summed E-state index contributed by atoms with van der Waals surface area (Å²) in [6.07, 6.45) is 0.632. The van der Waals surface area contributed by atoms with Gasteiger partial charge in [-0.25, -0.2) is 4.39 Å². The number of carbonyl (C=O) groups excluding carboxylic acids is 2. The van der Waals surface area contributed by atoms with Crippen molar-refractivity contribution in [1.29, 1.82) is 0 Å². The summed E-state index contributed by atoms with van der Waals surface area (Å²) in [5.74, 6) is -0.458. The van der Waals surface area contributed by atoms with Crippen LogP contribution in [-0.2, 0) is 4.79 Å². The van der Waals surface area contributed by atoms with Gasteiger partial charge in [-0.1, -0.05) is 23.7 Å². The zero-order chi connectivity index (χ0) is 19.2. The van der Waals surface area contributed by atoms with Crippen molar-refractivity contribution < 1.29 is 18.7 Å². The maximum atomic E-state index is 13.9. The number of nitrogens with zero attached hydrogens (tertiary/aromatic N) is 2. The molecular formula is C20H20ClFN2O3. The molecule has 0 saturated carbocycles. The third-order valence-corrected chi connectivity index (χ3v) is 4.67. The molecule has 0 atom stereocenters. The Morgan fingerprint density at radius 2 is 1.63 bits per heavy atom. The van der Waals surface area contributed by atoms with Gasteiger partial charge in [0, 0.05) is 31.2 Å². The fourth-order valence-electron chi connectivity index (χ4n) is 2.94. The van der Waals surface area contributed by atoms with Crippen LogP contribution in [0.2, 0.25) is 5.02 Å². The lowest BCUT2D eigenvalue weighted by atomic mass is 10.2. The molecule has 0 aromatic heterocycles. The lowest BCUT2D eigenvalue weighted by Gasteiger charge is -2.22. The van der Waals surface area contributed by atoms with E-state index in [0.29, 0.717) is 43.4 Å². The van der Waals surface area contributed by atoms with Crippen LogP contribution in [-0.4, -0.2) is 54.4 Å². The van der Waals surface area contributed by atoms with E-state index in [2.05, 4.69) is 0 Å². The normalized spacial score (nSPS) is 14.6. The van der Waals surface area contributed by atoms with E-state index in [9.17, 15) is 14.0 Å². The van der Waals surface area contributed by atoms with Crippen LogP contribution in [0.5, 0.6) is 5.75 Å². The van der Waals surface area contributed by atoms with E-state index in [1.807, 2.05) is 0 Å². The molecule has 142 valence electrons. The largest absolute Gasteiger partial charge is 0.484 e. The molecule has 1 saturated heterocycles. The zero-order valence-electron chi connectivity index (χ0n) is 14.7. The van der Waals surface area contributed by atoms with Crippen molar-refractivity contribution in [3.05, 3.63) is 64.9 Å². The molecule has 2 aromatic rings. The van der Waals surface area contributed by atoms with Gasteiger partial charge in [0.05, 0.1) is 5.56 Å². The van der Waals surface area contributed by atoms with Crippen molar-refractivity contribution in [1.82, 2.24) is 9.80 Å². The number of hydrogen-bond acceptors (Lipinski definition) is 3. The zero-order valence-corrected chi connectivity index (χ0v) is 15.5. The summed E-state index contributed by atoms with van der Waals surface area (Å²) in [5.41, 5.74) is 0.0587. The van der Waals surface area contributed by atoms with Crippen molar-refractivity contribution in [2.45, 2.75) is 6.42 Å². The fourth-order valence-corrected chi connectivity index (χ4v) is 3.07. The summed E-state index contributed by atoms with van der Waals surface area (Å²) in [5, 5.41) is 0.598. The van der Waals surface area contributed by atoms with Gasteiger partial charge >= 0.3 is 0 Å². The first-order valence-electron chi connectivity index (χ1n) is 8.74. The Kier molecular flexibility index (Phi) is 6.29. The second-order valence-corrected chi connectivity index (χ2v) is 6.69. The van der Waals surface area contributed by atoms with Crippen LogP contribution in [0.1, 0.15) is 16.8 Å². The average Bonchev–Trinajstić information content (AvgIpc) is 2.93. The van der Waals surface area contributed by atoms with E-state index in [0.717, 1.165) is 0 Å². The minimum absolute atomic E-state index is 0.0587. The van der Waals surface area contributed by atoms with Crippen molar-refractivity contribution in [2.75, 3.05) is 32.8 Å². The van der Waals surface area contributed by atoms with E-state index >= 15 is 0 Å². The van der Waals surface area contributed by atoms with Gasteiger partial charge in [-0.3, -0.25) is 9.59 Å². The van der Waals surface area contributed by atoms with Crippen LogP contribution in [0.25, 0.3) is 0 Å². The van der Waals surface area contributed by atoms with E-state index in [4.69, 9.17) is 16.3 Å². The first-order valence-corrected chi connectivity index (χ1v) is 9.12. The van der Waals surface area contributed by atoms with Crippen LogP contribution >= 0.6 is 11.6 Å². The van der Waals surface area contributed by atoms with Crippen LogP contribution in [0.15, 0.2) is 48.5 Å². The van der Waals surface area contributed by atoms with Crippen molar-refractivity contribution in [3.63, 3.8) is 0 Å². The van der Waals surface area contributed by atoms with Crippen molar-refractivity contribution in [2.24, 2.45) is 0 Å². The molecular weight excluding hydrogens is 371 g/mol. The maximum Gasteiger partial charge on any atom is 0.260 e. The van der Waals surface area contributed by atoms with E-state index in [1.54, 1.807) is 46.2 Å². The minimum Gasteiger partial charge on any atom is -0.484 e. The summed E-state index contributed by atoms with van der Waals surface area (Å²) >= 11 is 5.82. The number of hydrogen-bond donors (Lipinski definition) is 0. The summed E-state index contributed by atoms with van der Waals surface area (Å²) < 4.78 is 19.3. The molecule has 0 N–H and O–H groups in total. The minimum atomic E-state index is -0.531. The molecule has 0 spiro atoms. The molecule has 7 heteroatoms. The topological polar surface area (TPSA) is 49.9 Å². The molecule has 27 heavy (non-hydrogen) atoms. The number of carbonyl (C=O) groups is 2. The molecule has 0 aliphatic carbocycles. The average molecular weight is 391 g/mol. The third kappa shape index (κ3) is 4.98. The van der Waals surface area contributed by atoms with Gasteiger partial charge in [0.25, 0.3) is 11.8 Å². The highest BCUT2D eigenvalue weighted by atomic mass is 35.5. The molecule has 0 unspecified atom stereocenters. The Morgan fingerprint density at radius 3 is 2.37 bits per heavy atom. The van der Waals surface area contributed by atoms with E-state index < -0.39 is 5.82 Å². The Morgan fingerprint density at radius 1 is 0.963 bits per heavy atom. The Labute approximate surface area is 162 Å². The van der Waals surface area contributed by atoms with E-state index in [1.165, 1.54) is 12.1 Å². The number of rotatable bonds is 4. The molecule has 3 rings (SSSR count). The monoisotopic (exact) mass is 390 g/mol. The van der Waals surface area contributed by atoms with Crippen LogP contribution in [0.3, 0.4) is 0 Å². The van der Waals surface area contributed by atoms with Gasteiger partial charge in [-0.2, -0.15) is 0 Å². The first-order chi connectivity index (χ1) is 13.0. The highest BCUT2D eigenvalue weighted by Gasteiger charge is 2.24. The van der Waals surface area contributed by atoms with E-state index in [-0.39, 0.29) is 24.0 Å². The Balaban J connectivity index is 1.54. The quantitative estimate of drug-likeness (QED) is 0.805. The molecule has 1 heterocycles. The van der Waals surface area contributed by atoms with Crippen LogP contribution in [0, 0.1) is 5.82 Å². The smallest absolute Gasteiger partial charge is 0.260 e. The summed E-state index contributed by atoms with van der Waals surface area (Å²) in [7, 11) is 0. The lowest BCUT2D eigenvalue weighted by molar-refractivity contribution is -0.133. The SMILES string of the molecule is O=C(COc1ccc(Cl)cc1)N1CCCN(C(=O)c2ccccc2F)CC1. The summed E-state index contributed by atoms with van der Waals surface area (Å²) in [6, 6.07) is 12.7. The highest BCUT2D eigenvalue weighted by molar-refractivity contribution is 6.30. The number of amides is 2. The van der Waals surface area contributed by atoms with Crippen LogP contribution in [0.4, 0.5) is 4.39 Å². The van der Waals surface area contributed by atoms with Gasteiger partial charge in [-0.05, 0) is 42.8 Å². The second-order valence-electron chi connectivity index (χ2n) is 6.25. The summed E-state index contributed by atoms with van der Waals surface area (Å²) in [6.45, 7) is 1.69. The Hall–Kier alpha value is -2.60. The number of ether oxygens (including phenoxy) is 1. The molecule has 1 fully saturated rings. The molecule has 2 aromatic carbocycles. The van der Waals surface area contributed by atoms with Gasteiger partial charge in [-0.15, -0.1) is 0 Å². The molecule has 1 aliphatic rings. The van der Waals surface area contributed by atoms with Gasteiger partial charge in [0.1, 0.15) is 11.6 Å². The molecule has 0 bridgehead atoms. The van der Waals surface area contributed by atoms with Gasteiger partial charge < -0.3 is 14.5 Å². The predicted molar refractivity (Wildman–Crippen MR) is 100 cm³/mol. The third-order valence-electron chi connectivity index (χ3n) is 4.42. The molecule has 5 nitrogen and oxygen atoms in total. The molecule has 2 amide bonds. The van der Waals surface area contributed by atoms with Crippen LogP contribution < -0.4 is 4.74 Å². The standard InChI is InChI=1S/C20H20ClFN2O3/c21-15-6-8-16(9-7-15)27-14-19(25)23-10-3-11-24(13-12-23)20(26)17-4-1-2-5-18(17)22/h1-2,4-9H,3,10-14H2. The Bertz CT molecular complexity index is 813. The van der Waals surface area contributed by atoms with Gasteiger partial charge in [0.2, 0.25) is 0 Å². The fraction of sp³-hybridized carbons (Fsp3) is 0.300. The first kappa shape index (κ1) is 19.2. The summed E-state index contributed by atoms with van der Waals surface area (Å²) in [4.78, 5) is 28.2. The second kappa shape index (κ2) is 8.86.